The van der Waals surface area contributed by atoms with E-state index < -0.39 is 11.5 Å². The van der Waals surface area contributed by atoms with Crippen molar-refractivity contribution in [3.8, 4) is 5.69 Å². The van der Waals surface area contributed by atoms with Crippen LogP contribution in [0.1, 0.15) is 39.4 Å². The Balaban J connectivity index is 1.70. The average Bonchev–Trinajstić information content (AvgIpc) is 3.23. The van der Waals surface area contributed by atoms with E-state index in [1.165, 1.54) is 0 Å². The zero-order valence-corrected chi connectivity index (χ0v) is 15.8. The van der Waals surface area contributed by atoms with E-state index in [4.69, 9.17) is 0 Å². The van der Waals surface area contributed by atoms with Gasteiger partial charge in [-0.05, 0) is 44.0 Å². The predicted molar refractivity (Wildman–Crippen MR) is 101 cm³/mol. The summed E-state index contributed by atoms with van der Waals surface area (Å²) in [5, 5.41) is 2.95. The molecule has 26 heavy (non-hydrogen) atoms. The van der Waals surface area contributed by atoms with Crippen LogP contribution in [-0.2, 0) is 9.59 Å². The van der Waals surface area contributed by atoms with Gasteiger partial charge in [0.25, 0.3) is 0 Å². The number of aryl methyl sites for hydroxylation is 1. The monoisotopic (exact) mass is 354 g/mol. The molecule has 1 atom stereocenters. The highest BCUT2D eigenvalue weighted by atomic mass is 16.2. The van der Waals surface area contributed by atoms with Crippen molar-refractivity contribution in [3.05, 3.63) is 42.5 Å². The van der Waals surface area contributed by atoms with Crippen LogP contribution in [0.15, 0.2) is 36.7 Å². The third-order valence-corrected chi connectivity index (χ3v) is 4.70. The summed E-state index contributed by atoms with van der Waals surface area (Å²) in [5.74, 6) is 0.816. The first-order valence-electron chi connectivity index (χ1n) is 9.00. The lowest BCUT2D eigenvalue weighted by atomic mass is 9.94. The molecule has 3 rings (SSSR count). The van der Waals surface area contributed by atoms with E-state index in [0.717, 1.165) is 23.6 Å². The molecular formula is C20H26N4O2. The van der Waals surface area contributed by atoms with E-state index in [0.29, 0.717) is 13.0 Å². The number of rotatable bonds is 3. The lowest BCUT2D eigenvalue weighted by molar-refractivity contribution is -0.143. The maximum Gasteiger partial charge on any atom is 0.247 e. The number of aromatic nitrogens is 2. The molecule has 0 bridgehead atoms. The van der Waals surface area contributed by atoms with E-state index in [2.05, 4.69) is 10.3 Å². The molecule has 1 aliphatic rings. The number of anilines is 1. The van der Waals surface area contributed by atoms with Crippen molar-refractivity contribution < 1.29 is 9.59 Å². The first-order chi connectivity index (χ1) is 12.3. The minimum atomic E-state index is -0.479. The second kappa shape index (κ2) is 6.94. The smallest absolute Gasteiger partial charge is 0.247 e. The fourth-order valence-corrected chi connectivity index (χ4v) is 3.29. The van der Waals surface area contributed by atoms with Gasteiger partial charge in [0.1, 0.15) is 11.9 Å². The van der Waals surface area contributed by atoms with Gasteiger partial charge in [-0.2, -0.15) is 0 Å². The standard InChI is InChI=1S/C20H26N4O2/c1-14-21-11-13-23(14)16-9-7-15(8-10-16)22-18(25)17-6-5-12-24(17)19(26)20(2,3)4/h7-11,13,17H,5-6,12H2,1-4H3,(H,22,25)/t17-/m1/s1. The Morgan fingerprint density at radius 1 is 1.19 bits per heavy atom. The molecule has 2 aromatic rings. The van der Waals surface area contributed by atoms with Gasteiger partial charge < -0.3 is 14.8 Å². The second-order valence-electron chi connectivity index (χ2n) is 7.79. The Labute approximate surface area is 154 Å². The molecule has 6 heteroatoms. The number of nitrogens with one attached hydrogen (secondary N) is 1. The second-order valence-corrected chi connectivity index (χ2v) is 7.79. The van der Waals surface area contributed by atoms with Crippen LogP contribution in [0.2, 0.25) is 0 Å². The van der Waals surface area contributed by atoms with Gasteiger partial charge >= 0.3 is 0 Å². The SMILES string of the molecule is Cc1nccn1-c1ccc(NC(=O)[C@H]2CCCN2C(=O)C(C)(C)C)cc1. The summed E-state index contributed by atoms with van der Waals surface area (Å²) in [6, 6.07) is 7.24. The molecule has 138 valence electrons. The third-order valence-electron chi connectivity index (χ3n) is 4.70. The first-order valence-corrected chi connectivity index (χ1v) is 9.00. The number of amides is 2. The van der Waals surface area contributed by atoms with Crippen molar-refractivity contribution in [2.24, 2.45) is 5.41 Å². The van der Waals surface area contributed by atoms with E-state index >= 15 is 0 Å². The summed E-state index contributed by atoms with van der Waals surface area (Å²) >= 11 is 0. The number of benzene rings is 1. The number of imidazole rings is 1. The van der Waals surface area contributed by atoms with Gasteiger partial charge in [-0.3, -0.25) is 9.59 Å². The van der Waals surface area contributed by atoms with E-state index in [9.17, 15) is 9.59 Å². The van der Waals surface area contributed by atoms with Crippen LogP contribution in [0.4, 0.5) is 5.69 Å². The molecule has 6 nitrogen and oxygen atoms in total. The van der Waals surface area contributed by atoms with Gasteiger partial charge in [0.2, 0.25) is 11.8 Å². The highest BCUT2D eigenvalue weighted by Gasteiger charge is 2.38. The molecule has 0 radical (unpaired) electrons. The van der Waals surface area contributed by atoms with Crippen LogP contribution < -0.4 is 5.32 Å². The minimum Gasteiger partial charge on any atom is -0.330 e. The number of hydrogen-bond donors (Lipinski definition) is 1. The first kappa shape index (κ1) is 18.2. The van der Waals surface area contributed by atoms with Crippen molar-refractivity contribution in [2.45, 2.75) is 46.6 Å². The van der Waals surface area contributed by atoms with E-state index in [1.807, 2.05) is 62.7 Å². The van der Waals surface area contributed by atoms with Gasteiger partial charge in [-0.1, -0.05) is 20.8 Å². The van der Waals surface area contributed by atoms with Gasteiger partial charge in [-0.25, -0.2) is 4.98 Å². The summed E-state index contributed by atoms with van der Waals surface area (Å²) in [6.07, 6.45) is 5.22. The number of carbonyl (C=O) groups excluding carboxylic acids is 2. The number of hydrogen-bond acceptors (Lipinski definition) is 3. The van der Waals surface area contributed by atoms with Crippen LogP contribution in [0.3, 0.4) is 0 Å². The predicted octanol–water partition coefficient (Wildman–Crippen LogP) is 3.16. The van der Waals surface area contributed by atoms with Gasteiger partial charge in [0.15, 0.2) is 0 Å². The number of nitrogens with zero attached hydrogens (tertiary/aromatic N) is 3. The maximum absolute atomic E-state index is 12.7. The van der Waals surface area contributed by atoms with Crippen molar-refractivity contribution in [3.63, 3.8) is 0 Å². The quantitative estimate of drug-likeness (QED) is 0.921. The molecule has 1 saturated heterocycles. The Bertz CT molecular complexity index is 802. The third kappa shape index (κ3) is 3.64. The summed E-state index contributed by atoms with van der Waals surface area (Å²) in [7, 11) is 0. The van der Waals surface area contributed by atoms with Crippen LogP contribution in [0, 0.1) is 12.3 Å². The molecule has 1 aliphatic heterocycles. The summed E-state index contributed by atoms with van der Waals surface area (Å²) < 4.78 is 1.98. The molecular weight excluding hydrogens is 328 g/mol. The molecule has 0 aliphatic carbocycles. The van der Waals surface area contributed by atoms with Gasteiger partial charge in [-0.15, -0.1) is 0 Å². The van der Waals surface area contributed by atoms with Crippen LogP contribution in [0.5, 0.6) is 0 Å². The van der Waals surface area contributed by atoms with E-state index in [1.54, 1.807) is 11.1 Å². The van der Waals surface area contributed by atoms with Gasteiger partial charge in [0, 0.05) is 35.7 Å². The van der Waals surface area contributed by atoms with Crippen molar-refractivity contribution >= 4 is 17.5 Å². The highest BCUT2D eigenvalue weighted by molar-refractivity contribution is 5.98. The molecule has 2 heterocycles. The number of carbonyl (C=O) groups is 2. The molecule has 1 aromatic heterocycles. The average molecular weight is 354 g/mol. The number of likely N-dealkylation sites (tertiary alicyclic amines) is 1. The van der Waals surface area contributed by atoms with Crippen LogP contribution in [-0.4, -0.2) is 38.9 Å². The molecule has 1 fully saturated rings. The molecule has 1 aromatic carbocycles. The largest absolute Gasteiger partial charge is 0.330 e. The fourth-order valence-electron chi connectivity index (χ4n) is 3.29. The fraction of sp³-hybridized carbons (Fsp3) is 0.450. The summed E-state index contributed by atoms with van der Waals surface area (Å²) in [4.78, 5) is 31.2. The normalized spacial score (nSPS) is 17.4. The lowest BCUT2D eigenvalue weighted by Gasteiger charge is -2.30. The zero-order valence-electron chi connectivity index (χ0n) is 15.8. The van der Waals surface area contributed by atoms with Crippen molar-refractivity contribution in [1.29, 1.82) is 0 Å². The summed E-state index contributed by atoms with van der Waals surface area (Å²) in [6.45, 7) is 8.25. The van der Waals surface area contributed by atoms with Gasteiger partial charge in [0.05, 0.1) is 0 Å². The van der Waals surface area contributed by atoms with E-state index in [-0.39, 0.29) is 11.8 Å². The topological polar surface area (TPSA) is 67.2 Å². The minimum absolute atomic E-state index is 0.0288. The molecule has 0 unspecified atom stereocenters. The Morgan fingerprint density at radius 3 is 2.46 bits per heavy atom. The Hall–Kier alpha value is -2.63. The Kier molecular flexibility index (Phi) is 4.85. The lowest BCUT2D eigenvalue weighted by Crippen LogP contribution is -2.47. The maximum atomic E-state index is 12.7. The molecule has 0 saturated carbocycles. The van der Waals surface area contributed by atoms with Crippen LogP contribution in [0.25, 0.3) is 5.69 Å². The summed E-state index contributed by atoms with van der Waals surface area (Å²) in [5.41, 5.74) is 1.24. The van der Waals surface area contributed by atoms with Crippen molar-refractivity contribution in [1.82, 2.24) is 14.5 Å². The highest BCUT2D eigenvalue weighted by Crippen LogP contribution is 2.26. The molecule has 2 amide bonds. The molecule has 1 N–H and O–H groups in total. The van der Waals surface area contributed by atoms with Crippen molar-refractivity contribution in [2.75, 3.05) is 11.9 Å². The van der Waals surface area contributed by atoms with Crippen LogP contribution >= 0.6 is 0 Å². The Morgan fingerprint density at radius 2 is 1.88 bits per heavy atom. The zero-order chi connectivity index (χ0) is 18.9. The molecule has 0 spiro atoms.